The van der Waals surface area contributed by atoms with E-state index in [1.807, 2.05) is 44.2 Å². The van der Waals surface area contributed by atoms with Gasteiger partial charge in [0.2, 0.25) is 5.91 Å². The van der Waals surface area contributed by atoms with E-state index in [0.717, 1.165) is 17.0 Å². The van der Waals surface area contributed by atoms with Crippen molar-refractivity contribution in [2.75, 3.05) is 11.9 Å². The molecule has 0 saturated carbocycles. The molecule has 0 atom stereocenters. The van der Waals surface area contributed by atoms with Gasteiger partial charge in [0.05, 0.1) is 17.9 Å². The van der Waals surface area contributed by atoms with Crippen molar-refractivity contribution in [1.82, 2.24) is 9.78 Å². The van der Waals surface area contributed by atoms with Crippen LogP contribution in [0.1, 0.15) is 17.0 Å². The molecule has 0 fully saturated rings. The lowest BCUT2D eigenvalue weighted by Crippen LogP contribution is -2.20. The number of rotatable bonds is 3. The van der Waals surface area contributed by atoms with Crippen molar-refractivity contribution >= 4 is 11.6 Å². The van der Waals surface area contributed by atoms with E-state index in [-0.39, 0.29) is 19.0 Å². The fraction of sp³-hybridized carbons (Fsp3) is 0.250. The minimum absolute atomic E-state index is 0.136. The third kappa shape index (κ3) is 3.94. The number of hydrogen-bond donors (Lipinski definition) is 2. The maximum absolute atomic E-state index is 12.1. The Kier molecular flexibility index (Phi) is 4.75. The quantitative estimate of drug-likeness (QED) is 0.837. The standard InChI is InChI=1S/C16H18N4O/c1-12-10-13(2)20(19-12)11-16(21)18-15-8-4-3-6-14(15)7-5-9-17/h3-4,6,8,10H,9,11,17H2,1-2H3,(H,18,21). The smallest absolute Gasteiger partial charge is 0.246 e. The first-order valence-corrected chi connectivity index (χ1v) is 6.69. The van der Waals surface area contributed by atoms with Crippen molar-refractivity contribution < 1.29 is 4.79 Å². The molecule has 5 heteroatoms. The number of nitrogens with two attached hydrogens (primary N) is 1. The van der Waals surface area contributed by atoms with Gasteiger partial charge in [0.15, 0.2) is 0 Å². The van der Waals surface area contributed by atoms with Crippen LogP contribution in [0.4, 0.5) is 5.69 Å². The summed E-state index contributed by atoms with van der Waals surface area (Å²) in [6, 6.07) is 9.33. The van der Waals surface area contributed by atoms with Crippen LogP contribution in [0.2, 0.25) is 0 Å². The lowest BCUT2D eigenvalue weighted by atomic mass is 10.2. The lowest BCUT2D eigenvalue weighted by molar-refractivity contribution is -0.116. The summed E-state index contributed by atoms with van der Waals surface area (Å²) in [4.78, 5) is 12.1. The van der Waals surface area contributed by atoms with Crippen LogP contribution >= 0.6 is 0 Å². The Balaban J connectivity index is 2.11. The minimum Gasteiger partial charge on any atom is -0.323 e. The Hall–Kier alpha value is -2.58. The van der Waals surface area contributed by atoms with E-state index in [2.05, 4.69) is 22.3 Å². The highest BCUT2D eigenvalue weighted by molar-refractivity contribution is 5.92. The molecule has 2 rings (SSSR count). The summed E-state index contributed by atoms with van der Waals surface area (Å²) in [5.41, 5.74) is 8.67. The van der Waals surface area contributed by atoms with Crippen LogP contribution in [0, 0.1) is 25.7 Å². The molecule has 1 aromatic heterocycles. The molecule has 108 valence electrons. The van der Waals surface area contributed by atoms with Gasteiger partial charge in [-0.15, -0.1) is 0 Å². The molecule has 0 unspecified atom stereocenters. The van der Waals surface area contributed by atoms with E-state index in [0.29, 0.717) is 5.69 Å². The SMILES string of the molecule is Cc1cc(C)n(CC(=O)Nc2ccccc2C#CCN)n1. The molecular formula is C16H18N4O. The van der Waals surface area contributed by atoms with Gasteiger partial charge in [-0.1, -0.05) is 24.0 Å². The Bertz CT molecular complexity index is 707. The van der Waals surface area contributed by atoms with E-state index in [9.17, 15) is 4.79 Å². The number of hydrogen-bond acceptors (Lipinski definition) is 3. The summed E-state index contributed by atoms with van der Waals surface area (Å²) in [5.74, 6) is 5.60. The molecule has 0 saturated heterocycles. The molecule has 1 amide bonds. The summed E-state index contributed by atoms with van der Waals surface area (Å²) < 4.78 is 1.68. The molecular weight excluding hydrogens is 264 g/mol. The molecule has 0 bridgehead atoms. The van der Waals surface area contributed by atoms with Gasteiger partial charge >= 0.3 is 0 Å². The average molecular weight is 282 g/mol. The maximum atomic E-state index is 12.1. The summed E-state index contributed by atoms with van der Waals surface area (Å²) >= 11 is 0. The second kappa shape index (κ2) is 6.73. The van der Waals surface area contributed by atoms with Crippen molar-refractivity contribution in [3.8, 4) is 11.8 Å². The number of para-hydroxylation sites is 1. The number of anilines is 1. The van der Waals surface area contributed by atoms with Crippen LogP contribution in [0.3, 0.4) is 0 Å². The van der Waals surface area contributed by atoms with Gasteiger partial charge in [0, 0.05) is 11.3 Å². The van der Waals surface area contributed by atoms with Gasteiger partial charge in [-0.25, -0.2) is 0 Å². The molecule has 0 radical (unpaired) electrons. The zero-order valence-electron chi connectivity index (χ0n) is 12.2. The zero-order chi connectivity index (χ0) is 15.2. The van der Waals surface area contributed by atoms with Crippen molar-refractivity contribution in [1.29, 1.82) is 0 Å². The number of carbonyl (C=O) groups excluding carboxylic acids is 1. The largest absolute Gasteiger partial charge is 0.323 e. The van der Waals surface area contributed by atoms with E-state index in [1.54, 1.807) is 4.68 Å². The first kappa shape index (κ1) is 14.8. The number of aromatic nitrogens is 2. The van der Waals surface area contributed by atoms with E-state index in [4.69, 9.17) is 5.73 Å². The number of nitrogens with one attached hydrogen (secondary N) is 1. The van der Waals surface area contributed by atoms with Gasteiger partial charge in [-0.3, -0.25) is 9.48 Å². The Morgan fingerprint density at radius 1 is 1.38 bits per heavy atom. The second-order valence-electron chi connectivity index (χ2n) is 4.68. The number of aryl methyl sites for hydroxylation is 2. The van der Waals surface area contributed by atoms with Crippen LogP contribution < -0.4 is 11.1 Å². The topological polar surface area (TPSA) is 72.9 Å². The summed E-state index contributed by atoms with van der Waals surface area (Å²) in [7, 11) is 0. The normalized spacial score (nSPS) is 9.86. The Morgan fingerprint density at radius 2 is 2.14 bits per heavy atom. The minimum atomic E-state index is -0.136. The third-order valence-electron chi connectivity index (χ3n) is 2.92. The lowest BCUT2D eigenvalue weighted by Gasteiger charge is -2.08. The van der Waals surface area contributed by atoms with Crippen LogP contribution in [0.5, 0.6) is 0 Å². The van der Waals surface area contributed by atoms with Gasteiger partial charge in [0.1, 0.15) is 6.54 Å². The molecule has 0 aliphatic carbocycles. The third-order valence-corrected chi connectivity index (χ3v) is 2.92. The maximum Gasteiger partial charge on any atom is 0.246 e. The molecule has 5 nitrogen and oxygen atoms in total. The van der Waals surface area contributed by atoms with Crippen molar-refractivity contribution in [2.24, 2.45) is 5.73 Å². The van der Waals surface area contributed by atoms with Crippen LogP contribution in [0.25, 0.3) is 0 Å². The van der Waals surface area contributed by atoms with E-state index < -0.39 is 0 Å². The summed E-state index contributed by atoms with van der Waals surface area (Å²) in [6.45, 7) is 4.29. The molecule has 0 spiro atoms. The van der Waals surface area contributed by atoms with Gasteiger partial charge in [0.25, 0.3) is 0 Å². The fourth-order valence-electron chi connectivity index (χ4n) is 2.01. The van der Waals surface area contributed by atoms with Gasteiger partial charge < -0.3 is 11.1 Å². The first-order chi connectivity index (χ1) is 10.1. The molecule has 3 N–H and O–H groups in total. The molecule has 1 aromatic carbocycles. The summed E-state index contributed by atoms with van der Waals surface area (Å²) in [5, 5.41) is 7.14. The molecule has 1 heterocycles. The first-order valence-electron chi connectivity index (χ1n) is 6.69. The van der Waals surface area contributed by atoms with Crippen LogP contribution in [0.15, 0.2) is 30.3 Å². The zero-order valence-corrected chi connectivity index (χ0v) is 12.2. The number of amides is 1. The number of nitrogens with zero attached hydrogens (tertiary/aromatic N) is 2. The summed E-state index contributed by atoms with van der Waals surface area (Å²) in [6.07, 6.45) is 0. The Labute approximate surface area is 124 Å². The fourth-order valence-corrected chi connectivity index (χ4v) is 2.01. The molecule has 0 aliphatic heterocycles. The monoisotopic (exact) mass is 282 g/mol. The van der Waals surface area contributed by atoms with Gasteiger partial charge in [-0.05, 0) is 32.0 Å². The molecule has 21 heavy (non-hydrogen) atoms. The highest BCUT2D eigenvalue weighted by Gasteiger charge is 2.09. The number of benzene rings is 1. The highest BCUT2D eigenvalue weighted by atomic mass is 16.2. The van der Waals surface area contributed by atoms with E-state index in [1.165, 1.54) is 0 Å². The predicted octanol–water partition coefficient (Wildman–Crippen LogP) is 1.45. The van der Waals surface area contributed by atoms with Crippen molar-refractivity contribution in [3.05, 3.63) is 47.3 Å². The second-order valence-corrected chi connectivity index (χ2v) is 4.68. The van der Waals surface area contributed by atoms with E-state index >= 15 is 0 Å². The highest BCUT2D eigenvalue weighted by Crippen LogP contribution is 2.13. The van der Waals surface area contributed by atoms with Crippen molar-refractivity contribution in [3.63, 3.8) is 0 Å². The number of carbonyl (C=O) groups is 1. The van der Waals surface area contributed by atoms with Crippen LogP contribution in [-0.4, -0.2) is 22.2 Å². The average Bonchev–Trinajstić information content (AvgIpc) is 2.75. The van der Waals surface area contributed by atoms with Gasteiger partial charge in [-0.2, -0.15) is 5.10 Å². The Morgan fingerprint density at radius 3 is 2.81 bits per heavy atom. The van der Waals surface area contributed by atoms with Crippen LogP contribution in [-0.2, 0) is 11.3 Å². The molecule has 2 aromatic rings. The molecule has 0 aliphatic rings. The van der Waals surface area contributed by atoms with Crippen molar-refractivity contribution in [2.45, 2.75) is 20.4 Å². The predicted molar refractivity (Wildman–Crippen MR) is 82.7 cm³/mol.